The molecule has 146 valence electrons. The highest BCUT2D eigenvalue weighted by Crippen LogP contribution is 2.21. The lowest BCUT2D eigenvalue weighted by atomic mass is 10.1. The molecule has 0 radical (unpaired) electrons. The van der Waals surface area contributed by atoms with Crippen LogP contribution in [0.1, 0.15) is 18.5 Å². The number of rotatable bonds is 5. The number of carbonyl (C=O) groups is 1. The zero-order valence-electron chi connectivity index (χ0n) is 15.9. The molecule has 0 spiro atoms. The Balaban J connectivity index is 1.81. The van der Waals surface area contributed by atoms with Crippen LogP contribution in [0.5, 0.6) is 0 Å². The molecule has 0 fully saturated rings. The predicted molar refractivity (Wildman–Crippen MR) is 107 cm³/mol. The number of carbonyl (C=O) groups excluding carboxylic acids is 1. The number of hydrogen-bond donors (Lipinski definition) is 0. The lowest BCUT2D eigenvalue weighted by molar-refractivity contribution is -0.132. The molecule has 0 aliphatic carbocycles. The highest BCUT2D eigenvalue weighted by atomic mass is 32.2. The number of benzene rings is 2. The molecule has 1 aromatic heterocycles. The van der Waals surface area contributed by atoms with Crippen LogP contribution in [-0.2, 0) is 21.2 Å². The standard InChI is InChI=1S/C20H21N3O4S/c1-14(15-8-10-16(11-9-15)28(3,26)27)22(2)20(25)13-23-18-7-5-4-6-17(18)19(24)12-21-23/h4-12,14H,13H2,1-3H3. The van der Waals surface area contributed by atoms with Gasteiger partial charge in [-0.05, 0) is 36.8 Å². The minimum Gasteiger partial charge on any atom is -0.337 e. The molecule has 2 aromatic carbocycles. The number of likely N-dealkylation sites (N-methyl/N-ethyl adjacent to an activating group) is 1. The predicted octanol–water partition coefficient (Wildman–Crippen LogP) is 2.02. The molecule has 28 heavy (non-hydrogen) atoms. The molecule has 8 heteroatoms. The zero-order valence-corrected chi connectivity index (χ0v) is 16.7. The molecule has 7 nitrogen and oxygen atoms in total. The summed E-state index contributed by atoms with van der Waals surface area (Å²) in [5, 5.41) is 4.60. The molecule has 0 bridgehead atoms. The van der Waals surface area contributed by atoms with Crippen molar-refractivity contribution >= 4 is 26.6 Å². The summed E-state index contributed by atoms with van der Waals surface area (Å²) in [6, 6.07) is 13.2. The maximum Gasteiger partial charge on any atom is 0.244 e. The number of hydrogen-bond acceptors (Lipinski definition) is 5. The molecule has 0 aliphatic heterocycles. The van der Waals surface area contributed by atoms with Crippen molar-refractivity contribution in [3.05, 3.63) is 70.5 Å². The van der Waals surface area contributed by atoms with Gasteiger partial charge in [-0.15, -0.1) is 0 Å². The number of aromatic nitrogens is 2. The summed E-state index contributed by atoms with van der Waals surface area (Å²) in [4.78, 5) is 26.5. The van der Waals surface area contributed by atoms with Gasteiger partial charge in [-0.1, -0.05) is 24.3 Å². The second-order valence-electron chi connectivity index (χ2n) is 6.71. The van der Waals surface area contributed by atoms with Gasteiger partial charge in [0.2, 0.25) is 11.3 Å². The van der Waals surface area contributed by atoms with Crippen LogP contribution < -0.4 is 5.43 Å². The van der Waals surface area contributed by atoms with Gasteiger partial charge in [0.15, 0.2) is 9.84 Å². The van der Waals surface area contributed by atoms with E-state index in [1.807, 2.05) is 6.92 Å². The maximum absolute atomic E-state index is 12.8. The molecular formula is C20H21N3O4S. The van der Waals surface area contributed by atoms with E-state index >= 15 is 0 Å². The van der Waals surface area contributed by atoms with Crippen molar-refractivity contribution in [3.8, 4) is 0 Å². The van der Waals surface area contributed by atoms with E-state index in [9.17, 15) is 18.0 Å². The van der Waals surface area contributed by atoms with E-state index < -0.39 is 9.84 Å². The molecule has 1 amide bonds. The number of para-hydroxylation sites is 1. The van der Waals surface area contributed by atoms with E-state index in [0.717, 1.165) is 11.8 Å². The SMILES string of the molecule is CC(c1ccc(S(C)(=O)=O)cc1)N(C)C(=O)Cn1ncc(=O)c2ccccc21. The monoisotopic (exact) mass is 399 g/mol. The molecular weight excluding hydrogens is 378 g/mol. The van der Waals surface area contributed by atoms with Crippen LogP contribution >= 0.6 is 0 Å². The van der Waals surface area contributed by atoms with Crippen molar-refractivity contribution in [2.75, 3.05) is 13.3 Å². The summed E-state index contributed by atoms with van der Waals surface area (Å²) in [6.07, 6.45) is 2.37. The average Bonchev–Trinajstić information content (AvgIpc) is 2.68. The second-order valence-corrected chi connectivity index (χ2v) is 8.72. The van der Waals surface area contributed by atoms with Crippen molar-refractivity contribution in [2.24, 2.45) is 0 Å². The third kappa shape index (κ3) is 3.96. The fourth-order valence-corrected chi connectivity index (χ4v) is 3.59. The van der Waals surface area contributed by atoms with E-state index in [2.05, 4.69) is 5.10 Å². The van der Waals surface area contributed by atoms with Crippen molar-refractivity contribution in [1.29, 1.82) is 0 Å². The molecule has 0 saturated carbocycles. The Bertz CT molecular complexity index is 1180. The van der Waals surface area contributed by atoms with Gasteiger partial charge >= 0.3 is 0 Å². The largest absolute Gasteiger partial charge is 0.337 e. The Hall–Kier alpha value is -3.00. The molecule has 1 atom stereocenters. The molecule has 3 aromatic rings. The molecule has 0 aliphatic rings. The first-order valence-electron chi connectivity index (χ1n) is 8.69. The Morgan fingerprint density at radius 1 is 1.14 bits per heavy atom. The number of nitrogens with zero attached hydrogens (tertiary/aromatic N) is 3. The first-order valence-corrected chi connectivity index (χ1v) is 10.6. The molecule has 0 N–H and O–H groups in total. The van der Waals surface area contributed by atoms with E-state index in [1.165, 1.54) is 23.0 Å². The van der Waals surface area contributed by atoms with Crippen LogP contribution in [0.4, 0.5) is 0 Å². The van der Waals surface area contributed by atoms with Crippen LogP contribution in [0.25, 0.3) is 10.9 Å². The van der Waals surface area contributed by atoms with Crippen LogP contribution in [-0.4, -0.2) is 42.3 Å². The van der Waals surface area contributed by atoms with E-state index in [0.29, 0.717) is 10.9 Å². The smallest absolute Gasteiger partial charge is 0.244 e. The maximum atomic E-state index is 12.8. The zero-order chi connectivity index (χ0) is 20.5. The quantitative estimate of drug-likeness (QED) is 0.655. The summed E-state index contributed by atoms with van der Waals surface area (Å²) >= 11 is 0. The third-order valence-electron chi connectivity index (χ3n) is 4.81. The normalized spacial score (nSPS) is 12.7. The van der Waals surface area contributed by atoms with Gasteiger partial charge < -0.3 is 4.90 Å². The fraction of sp³-hybridized carbons (Fsp3) is 0.250. The van der Waals surface area contributed by atoms with E-state index in [4.69, 9.17) is 0 Å². The number of amides is 1. The Morgan fingerprint density at radius 3 is 2.43 bits per heavy atom. The van der Waals surface area contributed by atoms with Crippen molar-refractivity contribution in [2.45, 2.75) is 24.4 Å². The molecule has 1 heterocycles. The van der Waals surface area contributed by atoms with E-state index in [1.54, 1.807) is 48.3 Å². The Labute approximate surface area is 163 Å². The number of fused-ring (bicyclic) bond motifs is 1. The summed E-state index contributed by atoms with van der Waals surface area (Å²) in [5.41, 5.74) is 1.23. The minimum absolute atomic E-state index is 0.0109. The van der Waals surface area contributed by atoms with Crippen molar-refractivity contribution in [1.82, 2.24) is 14.7 Å². The second kappa shape index (κ2) is 7.55. The lowest BCUT2D eigenvalue weighted by Gasteiger charge is -2.26. The summed E-state index contributed by atoms with van der Waals surface area (Å²) in [5.74, 6) is -0.180. The molecule has 1 unspecified atom stereocenters. The van der Waals surface area contributed by atoms with Gasteiger partial charge in [-0.25, -0.2) is 8.42 Å². The van der Waals surface area contributed by atoms with Gasteiger partial charge in [0, 0.05) is 18.7 Å². The lowest BCUT2D eigenvalue weighted by Crippen LogP contribution is -2.33. The van der Waals surface area contributed by atoms with Gasteiger partial charge in [-0.3, -0.25) is 14.3 Å². The Morgan fingerprint density at radius 2 is 1.79 bits per heavy atom. The number of sulfone groups is 1. The van der Waals surface area contributed by atoms with Crippen LogP contribution in [0.3, 0.4) is 0 Å². The van der Waals surface area contributed by atoms with Crippen molar-refractivity contribution in [3.63, 3.8) is 0 Å². The minimum atomic E-state index is -3.26. The molecule has 3 rings (SSSR count). The Kier molecular flexibility index (Phi) is 5.33. The van der Waals surface area contributed by atoms with Crippen LogP contribution in [0.2, 0.25) is 0 Å². The summed E-state index contributed by atoms with van der Waals surface area (Å²) < 4.78 is 24.7. The molecule has 0 saturated heterocycles. The van der Waals surface area contributed by atoms with Gasteiger partial charge in [0.1, 0.15) is 6.54 Å². The third-order valence-corrected chi connectivity index (χ3v) is 5.94. The van der Waals surface area contributed by atoms with Gasteiger partial charge in [0.05, 0.1) is 22.7 Å². The average molecular weight is 399 g/mol. The first-order chi connectivity index (χ1) is 13.2. The summed E-state index contributed by atoms with van der Waals surface area (Å²) in [7, 11) is -1.58. The van der Waals surface area contributed by atoms with Gasteiger partial charge in [-0.2, -0.15) is 5.10 Å². The highest BCUT2D eigenvalue weighted by Gasteiger charge is 2.19. The van der Waals surface area contributed by atoms with Gasteiger partial charge in [0.25, 0.3) is 0 Å². The van der Waals surface area contributed by atoms with Crippen molar-refractivity contribution < 1.29 is 13.2 Å². The fourth-order valence-electron chi connectivity index (χ4n) is 2.96. The summed E-state index contributed by atoms with van der Waals surface area (Å²) in [6.45, 7) is 1.85. The van der Waals surface area contributed by atoms with Crippen LogP contribution in [0.15, 0.2) is 64.4 Å². The van der Waals surface area contributed by atoms with Crippen LogP contribution in [0, 0.1) is 0 Å². The first kappa shape index (κ1) is 19.8. The topological polar surface area (TPSA) is 89.3 Å². The van der Waals surface area contributed by atoms with E-state index in [-0.39, 0.29) is 28.8 Å². The highest BCUT2D eigenvalue weighted by molar-refractivity contribution is 7.90.